The molecule has 0 radical (unpaired) electrons. The Kier molecular flexibility index (Phi) is 4.25. The fourth-order valence-corrected chi connectivity index (χ4v) is 1.96. The zero-order valence-electron chi connectivity index (χ0n) is 8.23. The molecule has 0 saturated heterocycles. The third-order valence-corrected chi connectivity index (χ3v) is 2.84. The highest BCUT2D eigenvalue weighted by atomic mass is 32.2. The van der Waals surface area contributed by atoms with Gasteiger partial charge in [-0.25, -0.2) is 0 Å². The maximum absolute atomic E-state index is 5.38. The van der Waals surface area contributed by atoms with Gasteiger partial charge in [0.25, 0.3) is 0 Å². The summed E-state index contributed by atoms with van der Waals surface area (Å²) < 4.78 is 5.38. The predicted molar refractivity (Wildman–Crippen MR) is 56.7 cm³/mol. The average Bonchev–Trinajstić information content (AvgIpc) is 2.15. The monoisotopic (exact) mass is 197 g/mol. The molecule has 72 valence electrons. The molecule has 0 aliphatic carbocycles. The summed E-state index contributed by atoms with van der Waals surface area (Å²) in [4.78, 5) is 3.98. The highest BCUT2D eigenvalue weighted by Gasteiger charge is 2.11. The highest BCUT2D eigenvalue weighted by Crippen LogP contribution is 2.31. The Bertz CT molecular complexity index is 238. The van der Waals surface area contributed by atoms with E-state index in [-0.39, 0.29) is 5.44 Å². The van der Waals surface area contributed by atoms with Gasteiger partial charge in [-0.05, 0) is 17.7 Å². The van der Waals surface area contributed by atoms with Crippen molar-refractivity contribution in [3.63, 3.8) is 0 Å². The summed E-state index contributed by atoms with van der Waals surface area (Å²) in [6, 6.07) is 3.98. The van der Waals surface area contributed by atoms with Crippen molar-refractivity contribution in [2.75, 3.05) is 7.11 Å². The summed E-state index contributed by atoms with van der Waals surface area (Å²) in [5.41, 5.74) is 1.30. The Hall–Kier alpha value is -0.540. The number of nitrogens with zero attached hydrogens (tertiary/aromatic N) is 1. The van der Waals surface area contributed by atoms with E-state index in [1.165, 1.54) is 5.56 Å². The van der Waals surface area contributed by atoms with Gasteiger partial charge in [-0.2, -0.15) is 0 Å². The second kappa shape index (κ2) is 5.25. The second-order valence-electron chi connectivity index (χ2n) is 3.03. The first-order chi connectivity index (χ1) is 6.24. The molecule has 0 aromatic carbocycles. The molecule has 0 bridgehead atoms. The molecule has 1 unspecified atom stereocenters. The van der Waals surface area contributed by atoms with Gasteiger partial charge in [0.15, 0.2) is 0 Å². The minimum Gasteiger partial charge on any atom is -0.366 e. The standard InChI is InChI=1S/C10H15NOS/c1-8(2)13-10(12-3)9-4-6-11-7-5-9/h4-8,10H,1-3H3. The van der Waals surface area contributed by atoms with E-state index in [9.17, 15) is 0 Å². The number of aromatic nitrogens is 1. The molecule has 3 heteroatoms. The molecule has 2 nitrogen and oxygen atoms in total. The number of hydrogen-bond acceptors (Lipinski definition) is 3. The SMILES string of the molecule is COC(SC(C)C)c1ccncc1. The number of thioether (sulfide) groups is 1. The van der Waals surface area contributed by atoms with Crippen LogP contribution in [0.4, 0.5) is 0 Å². The van der Waals surface area contributed by atoms with Crippen LogP contribution in [0.25, 0.3) is 0 Å². The molecule has 0 aliphatic heterocycles. The Balaban J connectivity index is 2.67. The Labute approximate surface area is 83.7 Å². The van der Waals surface area contributed by atoms with Crippen LogP contribution in [0.1, 0.15) is 24.8 Å². The van der Waals surface area contributed by atoms with Crippen molar-refractivity contribution in [3.8, 4) is 0 Å². The maximum atomic E-state index is 5.38. The molecule has 0 amide bonds. The largest absolute Gasteiger partial charge is 0.366 e. The molecule has 0 saturated carbocycles. The lowest BCUT2D eigenvalue weighted by molar-refractivity contribution is 0.175. The zero-order chi connectivity index (χ0) is 9.68. The van der Waals surface area contributed by atoms with Crippen LogP contribution in [0.15, 0.2) is 24.5 Å². The fraction of sp³-hybridized carbons (Fsp3) is 0.500. The molecule has 1 atom stereocenters. The number of pyridine rings is 1. The normalized spacial score (nSPS) is 13.2. The van der Waals surface area contributed by atoms with E-state index < -0.39 is 0 Å². The van der Waals surface area contributed by atoms with Gasteiger partial charge in [-0.3, -0.25) is 4.98 Å². The number of hydrogen-bond donors (Lipinski definition) is 0. The molecule has 0 fully saturated rings. The van der Waals surface area contributed by atoms with Gasteiger partial charge in [0.05, 0.1) is 0 Å². The summed E-state index contributed by atoms with van der Waals surface area (Å²) in [6.45, 7) is 4.33. The Morgan fingerprint density at radius 3 is 2.38 bits per heavy atom. The minimum absolute atomic E-state index is 0.128. The van der Waals surface area contributed by atoms with Crippen molar-refractivity contribution < 1.29 is 4.74 Å². The number of ether oxygens (including phenoxy) is 1. The first-order valence-electron chi connectivity index (χ1n) is 4.32. The van der Waals surface area contributed by atoms with Crippen LogP contribution in [0.5, 0.6) is 0 Å². The van der Waals surface area contributed by atoms with E-state index >= 15 is 0 Å². The number of methoxy groups -OCH3 is 1. The van der Waals surface area contributed by atoms with Gasteiger partial charge in [-0.1, -0.05) is 13.8 Å². The van der Waals surface area contributed by atoms with Crippen LogP contribution >= 0.6 is 11.8 Å². The van der Waals surface area contributed by atoms with E-state index in [0.29, 0.717) is 5.25 Å². The van der Waals surface area contributed by atoms with E-state index in [4.69, 9.17) is 4.74 Å². The number of rotatable bonds is 4. The summed E-state index contributed by atoms with van der Waals surface area (Å²) in [5, 5.41) is 0.568. The van der Waals surface area contributed by atoms with Crippen molar-refractivity contribution >= 4 is 11.8 Å². The van der Waals surface area contributed by atoms with Crippen LogP contribution in [-0.2, 0) is 4.74 Å². The molecule has 1 rings (SSSR count). The summed E-state index contributed by atoms with van der Waals surface area (Å²) >= 11 is 1.80. The van der Waals surface area contributed by atoms with E-state index in [1.807, 2.05) is 12.1 Å². The minimum atomic E-state index is 0.128. The molecule has 1 aromatic heterocycles. The van der Waals surface area contributed by atoms with Crippen LogP contribution in [0.2, 0.25) is 0 Å². The zero-order valence-corrected chi connectivity index (χ0v) is 9.04. The Morgan fingerprint density at radius 2 is 1.92 bits per heavy atom. The molecule has 0 spiro atoms. The van der Waals surface area contributed by atoms with Crippen molar-refractivity contribution in [2.24, 2.45) is 0 Å². The smallest absolute Gasteiger partial charge is 0.128 e. The summed E-state index contributed by atoms with van der Waals surface area (Å²) in [5.74, 6) is 0. The van der Waals surface area contributed by atoms with E-state index in [2.05, 4.69) is 18.8 Å². The molecule has 1 aromatic rings. The van der Waals surface area contributed by atoms with Gasteiger partial charge in [-0.15, -0.1) is 11.8 Å². The highest BCUT2D eigenvalue weighted by molar-refractivity contribution is 7.99. The quantitative estimate of drug-likeness (QED) is 0.693. The lowest BCUT2D eigenvalue weighted by Gasteiger charge is -2.16. The lowest BCUT2D eigenvalue weighted by Crippen LogP contribution is -2.01. The summed E-state index contributed by atoms with van der Waals surface area (Å²) in [7, 11) is 1.74. The van der Waals surface area contributed by atoms with E-state index in [1.54, 1.807) is 31.3 Å². The molecule has 13 heavy (non-hydrogen) atoms. The molecular weight excluding hydrogens is 182 g/mol. The second-order valence-corrected chi connectivity index (χ2v) is 4.68. The van der Waals surface area contributed by atoms with Crippen molar-refractivity contribution in [1.82, 2.24) is 4.98 Å². The van der Waals surface area contributed by atoms with Gasteiger partial charge < -0.3 is 4.74 Å². The van der Waals surface area contributed by atoms with Crippen molar-refractivity contribution in [2.45, 2.75) is 24.5 Å². The topological polar surface area (TPSA) is 22.1 Å². The third-order valence-electron chi connectivity index (χ3n) is 1.59. The first-order valence-corrected chi connectivity index (χ1v) is 5.26. The molecule has 0 N–H and O–H groups in total. The maximum Gasteiger partial charge on any atom is 0.128 e. The summed E-state index contributed by atoms with van der Waals surface area (Å²) in [6.07, 6.45) is 3.59. The Morgan fingerprint density at radius 1 is 1.31 bits per heavy atom. The van der Waals surface area contributed by atoms with Crippen molar-refractivity contribution in [1.29, 1.82) is 0 Å². The fourth-order valence-electron chi connectivity index (χ4n) is 1.04. The van der Waals surface area contributed by atoms with Gasteiger partial charge >= 0.3 is 0 Å². The van der Waals surface area contributed by atoms with Crippen molar-refractivity contribution in [3.05, 3.63) is 30.1 Å². The van der Waals surface area contributed by atoms with Crippen LogP contribution < -0.4 is 0 Å². The van der Waals surface area contributed by atoms with Gasteiger partial charge in [0.2, 0.25) is 0 Å². The average molecular weight is 197 g/mol. The molecule has 1 heterocycles. The molecule has 0 aliphatic rings. The lowest BCUT2D eigenvalue weighted by atomic mass is 10.3. The van der Waals surface area contributed by atoms with Gasteiger partial charge in [0, 0.05) is 24.8 Å². The van der Waals surface area contributed by atoms with Crippen LogP contribution in [-0.4, -0.2) is 17.3 Å². The predicted octanol–water partition coefficient (Wildman–Crippen LogP) is 2.87. The third kappa shape index (κ3) is 3.36. The van der Waals surface area contributed by atoms with Crippen LogP contribution in [0, 0.1) is 0 Å². The van der Waals surface area contributed by atoms with E-state index in [0.717, 1.165) is 0 Å². The van der Waals surface area contributed by atoms with Crippen LogP contribution in [0.3, 0.4) is 0 Å². The van der Waals surface area contributed by atoms with Gasteiger partial charge in [0.1, 0.15) is 5.44 Å². The first kappa shape index (κ1) is 10.5. The molecular formula is C10H15NOS.